The number of alkyl halides is 3. The van der Waals surface area contributed by atoms with Gasteiger partial charge >= 0.3 is 6.18 Å². The van der Waals surface area contributed by atoms with E-state index in [9.17, 15) is 22.8 Å². The monoisotopic (exact) mass is 629 g/mol. The third-order valence-corrected chi connectivity index (χ3v) is 9.78. The van der Waals surface area contributed by atoms with Gasteiger partial charge in [-0.25, -0.2) is 0 Å². The molecule has 6 rings (SSSR count). The number of amides is 1. The molecule has 5 nitrogen and oxygen atoms in total. The Labute approximate surface area is 269 Å². The smallest absolute Gasteiger partial charge is 0.355 e. The molecule has 1 heterocycles. The Bertz CT molecular complexity index is 1630. The molecule has 3 unspecified atom stereocenters. The zero-order valence-corrected chi connectivity index (χ0v) is 26.3. The van der Waals surface area contributed by atoms with Crippen LogP contribution in [0.4, 0.5) is 18.9 Å². The van der Waals surface area contributed by atoms with Crippen LogP contribution in [0.25, 0.3) is 11.1 Å². The maximum absolute atomic E-state index is 15.0. The van der Waals surface area contributed by atoms with Crippen LogP contribution in [0.3, 0.4) is 0 Å². The number of hydrogen-bond donors (Lipinski definition) is 2. The van der Waals surface area contributed by atoms with Gasteiger partial charge < -0.3 is 16.0 Å². The van der Waals surface area contributed by atoms with Crippen LogP contribution in [0.5, 0.6) is 0 Å². The molecule has 0 bridgehead atoms. The molecule has 0 saturated carbocycles. The Kier molecular flexibility index (Phi) is 9.37. The lowest BCUT2D eigenvalue weighted by molar-refractivity contribution is -0.138. The number of carbonyl (C=O) groups is 2. The predicted molar refractivity (Wildman–Crippen MR) is 176 cm³/mol. The molecule has 46 heavy (non-hydrogen) atoms. The van der Waals surface area contributed by atoms with Gasteiger partial charge in [0.2, 0.25) is 5.91 Å². The summed E-state index contributed by atoms with van der Waals surface area (Å²) in [5.74, 6) is -1.68. The largest absolute Gasteiger partial charge is 0.405 e. The molecule has 8 heteroatoms. The summed E-state index contributed by atoms with van der Waals surface area (Å²) in [6, 6.07) is 19.5. The Morgan fingerprint density at radius 1 is 0.978 bits per heavy atom. The van der Waals surface area contributed by atoms with Gasteiger partial charge in [0.1, 0.15) is 6.54 Å². The summed E-state index contributed by atoms with van der Waals surface area (Å²) in [4.78, 5) is 30.9. The quantitative estimate of drug-likeness (QED) is 0.234. The fraction of sp³-hybridized carbons (Fsp3) is 0.421. The highest BCUT2D eigenvalue weighted by atomic mass is 19.4. The van der Waals surface area contributed by atoms with Crippen LogP contribution in [0.2, 0.25) is 0 Å². The van der Waals surface area contributed by atoms with Crippen molar-refractivity contribution in [2.45, 2.75) is 88.9 Å². The second-order valence-corrected chi connectivity index (χ2v) is 12.8. The Balaban J connectivity index is 1.58. The molecule has 2 aliphatic carbocycles. The number of ketones is 1. The van der Waals surface area contributed by atoms with Gasteiger partial charge in [-0.2, -0.15) is 13.2 Å². The van der Waals surface area contributed by atoms with E-state index in [2.05, 4.69) is 35.3 Å². The first-order valence-corrected chi connectivity index (χ1v) is 16.6. The van der Waals surface area contributed by atoms with E-state index in [1.54, 1.807) is 0 Å². The number of piperidine rings is 1. The summed E-state index contributed by atoms with van der Waals surface area (Å²) >= 11 is 0. The Hall–Kier alpha value is -3.91. The van der Waals surface area contributed by atoms with E-state index in [-0.39, 0.29) is 17.9 Å². The van der Waals surface area contributed by atoms with Crippen molar-refractivity contribution in [1.82, 2.24) is 5.32 Å². The fourth-order valence-electron chi connectivity index (χ4n) is 7.66. The van der Waals surface area contributed by atoms with Crippen LogP contribution in [-0.2, 0) is 11.2 Å². The molecule has 3 atom stereocenters. The molecule has 3 aliphatic rings. The lowest BCUT2D eigenvalue weighted by atomic mass is 9.77. The van der Waals surface area contributed by atoms with Crippen LogP contribution < -0.4 is 16.0 Å². The van der Waals surface area contributed by atoms with Crippen molar-refractivity contribution in [3.8, 4) is 11.1 Å². The van der Waals surface area contributed by atoms with Gasteiger partial charge in [-0.05, 0) is 90.8 Å². The summed E-state index contributed by atoms with van der Waals surface area (Å²) in [6.45, 7) is 1.35. The van der Waals surface area contributed by atoms with Crippen molar-refractivity contribution in [3.63, 3.8) is 0 Å². The highest BCUT2D eigenvalue weighted by molar-refractivity contribution is 6.15. The number of anilines is 1. The number of benzene rings is 3. The predicted octanol–water partition coefficient (Wildman–Crippen LogP) is 8.17. The first kappa shape index (κ1) is 32.0. The second-order valence-electron chi connectivity index (χ2n) is 12.8. The number of Topliss-reactive ketones (excluding diaryl/α,β-unsaturated/α-hetero) is 1. The van der Waals surface area contributed by atoms with Crippen molar-refractivity contribution in [3.05, 3.63) is 100 Å². The van der Waals surface area contributed by atoms with Gasteiger partial charge in [0, 0.05) is 23.6 Å². The first-order valence-electron chi connectivity index (χ1n) is 16.6. The molecule has 0 aromatic heterocycles. The first-order chi connectivity index (χ1) is 22.2. The third-order valence-electron chi connectivity index (χ3n) is 9.78. The van der Waals surface area contributed by atoms with E-state index in [1.807, 2.05) is 48.5 Å². The van der Waals surface area contributed by atoms with Gasteiger partial charge in [0.05, 0.1) is 17.8 Å². The Morgan fingerprint density at radius 3 is 2.48 bits per heavy atom. The lowest BCUT2D eigenvalue weighted by Crippen LogP contribution is -2.47. The molecule has 1 fully saturated rings. The van der Waals surface area contributed by atoms with Crippen LogP contribution in [0, 0.1) is 0 Å². The zero-order valence-electron chi connectivity index (χ0n) is 26.3. The minimum absolute atomic E-state index is 0.0362. The minimum Gasteiger partial charge on any atom is -0.355 e. The van der Waals surface area contributed by atoms with E-state index in [0.29, 0.717) is 29.7 Å². The van der Waals surface area contributed by atoms with Crippen molar-refractivity contribution in [2.75, 3.05) is 18.0 Å². The van der Waals surface area contributed by atoms with Crippen LogP contribution in [-0.4, -0.2) is 37.1 Å². The number of nitrogens with one attached hydrogen (secondary N) is 1. The maximum atomic E-state index is 15.0. The van der Waals surface area contributed by atoms with E-state index in [4.69, 9.17) is 5.73 Å². The average molecular weight is 630 g/mol. The number of fused-ring (bicyclic) bond motifs is 3. The van der Waals surface area contributed by atoms with E-state index in [0.717, 1.165) is 84.9 Å². The number of nitrogens with two attached hydrogens (primary N) is 1. The summed E-state index contributed by atoms with van der Waals surface area (Å²) in [5.41, 5.74) is 13.7. The normalized spacial score (nSPS) is 20.9. The second kappa shape index (κ2) is 13.4. The van der Waals surface area contributed by atoms with Gasteiger partial charge in [-0.1, -0.05) is 74.0 Å². The molecule has 0 spiro atoms. The van der Waals surface area contributed by atoms with E-state index in [1.165, 1.54) is 0 Å². The molecular formula is C38H42F3N3O2. The standard InChI is InChI=1S/C38H42F3N3O2/c1-2-3-15-29-33-30(26-17-8-9-18-27(26)34(33)37(46)43-23-38(39,40)41)22-31(35(29)44-21-12-11-20-32(44)42)36(45)28-19-10-7-16-25(28)24-13-5-4-6-14-24/h4-6,8-9,13-14,17-19,22,25,32,34H,2-3,7,10-12,15-16,20-21,23,42H2,1H3,(H,43,46). The van der Waals surface area contributed by atoms with Crippen molar-refractivity contribution in [1.29, 1.82) is 0 Å². The van der Waals surface area contributed by atoms with Crippen molar-refractivity contribution < 1.29 is 22.8 Å². The average Bonchev–Trinajstić information content (AvgIpc) is 3.40. The van der Waals surface area contributed by atoms with Crippen molar-refractivity contribution in [2.24, 2.45) is 5.73 Å². The van der Waals surface area contributed by atoms with Gasteiger partial charge in [-0.3, -0.25) is 9.59 Å². The highest BCUT2D eigenvalue weighted by Crippen LogP contribution is 2.52. The van der Waals surface area contributed by atoms with Crippen LogP contribution in [0.1, 0.15) is 103 Å². The summed E-state index contributed by atoms with van der Waals surface area (Å²) < 4.78 is 39.9. The zero-order chi connectivity index (χ0) is 32.4. The topological polar surface area (TPSA) is 75.4 Å². The fourth-order valence-corrected chi connectivity index (χ4v) is 7.66. The van der Waals surface area contributed by atoms with E-state index >= 15 is 0 Å². The number of allylic oxidation sites excluding steroid dienone is 2. The van der Waals surface area contributed by atoms with Crippen molar-refractivity contribution >= 4 is 17.4 Å². The molecule has 242 valence electrons. The molecule has 3 aromatic carbocycles. The SMILES string of the molecule is CCCCc1c2c(cc(C(=O)C3=CCCCC3c3ccccc3)c1N1CCCCC1N)-c1ccccc1C2C(=O)NCC(F)(F)F. The van der Waals surface area contributed by atoms with Gasteiger partial charge in [0.15, 0.2) is 5.78 Å². The summed E-state index contributed by atoms with van der Waals surface area (Å²) in [5, 5.41) is 2.17. The third kappa shape index (κ3) is 6.24. The summed E-state index contributed by atoms with van der Waals surface area (Å²) in [7, 11) is 0. The van der Waals surface area contributed by atoms with Gasteiger partial charge in [-0.15, -0.1) is 0 Å². The molecular weight excluding hydrogens is 587 g/mol. The highest BCUT2D eigenvalue weighted by Gasteiger charge is 2.41. The molecule has 3 aromatic rings. The molecule has 3 N–H and O–H groups in total. The number of unbranched alkanes of at least 4 members (excludes halogenated alkanes) is 1. The van der Waals surface area contributed by atoms with E-state index < -0.39 is 24.5 Å². The van der Waals surface area contributed by atoms with Crippen LogP contribution >= 0.6 is 0 Å². The summed E-state index contributed by atoms with van der Waals surface area (Å²) in [6.07, 6.45) is 4.83. The molecule has 1 aliphatic heterocycles. The number of nitrogens with zero attached hydrogens (tertiary/aromatic N) is 1. The number of halogens is 3. The number of hydrogen-bond acceptors (Lipinski definition) is 4. The Morgan fingerprint density at radius 2 is 1.74 bits per heavy atom. The lowest BCUT2D eigenvalue weighted by Gasteiger charge is -2.39. The van der Waals surface area contributed by atoms with Gasteiger partial charge in [0.25, 0.3) is 0 Å². The number of rotatable bonds is 9. The molecule has 0 radical (unpaired) electrons. The molecule has 1 saturated heterocycles. The van der Waals surface area contributed by atoms with Crippen LogP contribution in [0.15, 0.2) is 72.3 Å². The molecule has 1 amide bonds. The maximum Gasteiger partial charge on any atom is 0.405 e. The minimum atomic E-state index is -4.54. The number of carbonyl (C=O) groups excluding carboxylic acids is 2.